The first-order valence-corrected chi connectivity index (χ1v) is 5.59. The highest BCUT2D eigenvalue weighted by atomic mass is 15.1. The molecule has 0 radical (unpaired) electrons. The van der Waals surface area contributed by atoms with Gasteiger partial charge in [-0.25, -0.2) is 0 Å². The average Bonchev–Trinajstić information content (AvgIpc) is 2.04. The molecule has 0 aromatic carbocycles. The van der Waals surface area contributed by atoms with E-state index in [0.717, 1.165) is 11.8 Å². The maximum absolute atomic E-state index is 3.28. The van der Waals surface area contributed by atoms with Crippen molar-refractivity contribution in [3.05, 3.63) is 0 Å². The smallest absolute Gasteiger partial charge is 0.00219 e. The number of hydrogen-bond donors (Lipinski definition) is 1. The molecule has 0 aromatic rings. The number of nitrogens with one attached hydrogen (secondary N) is 1. The fourth-order valence-electron chi connectivity index (χ4n) is 2.29. The fraction of sp³-hybridized carbons (Fsp3) is 1.00. The van der Waals surface area contributed by atoms with E-state index in [0.29, 0.717) is 0 Å². The van der Waals surface area contributed by atoms with Crippen molar-refractivity contribution in [3.63, 3.8) is 0 Å². The zero-order chi connectivity index (χ0) is 9.68. The number of hydrogen-bond acceptors (Lipinski definition) is 2. The van der Waals surface area contributed by atoms with Crippen molar-refractivity contribution in [1.29, 1.82) is 0 Å². The lowest BCUT2D eigenvalue weighted by molar-refractivity contribution is 0.158. The van der Waals surface area contributed by atoms with E-state index >= 15 is 0 Å². The molecule has 1 fully saturated rings. The quantitative estimate of drug-likeness (QED) is 0.713. The fourth-order valence-corrected chi connectivity index (χ4v) is 2.29. The Bertz CT molecular complexity index is 132. The zero-order valence-corrected chi connectivity index (χ0v) is 9.34. The molecule has 1 unspecified atom stereocenters. The minimum Gasteiger partial charge on any atom is -0.319 e. The summed E-state index contributed by atoms with van der Waals surface area (Å²) >= 11 is 0. The molecule has 0 aromatic heterocycles. The van der Waals surface area contributed by atoms with Gasteiger partial charge >= 0.3 is 0 Å². The summed E-state index contributed by atoms with van der Waals surface area (Å²) in [4.78, 5) is 2.62. The van der Waals surface area contributed by atoms with Gasteiger partial charge < -0.3 is 10.2 Å². The van der Waals surface area contributed by atoms with E-state index in [4.69, 9.17) is 0 Å². The van der Waals surface area contributed by atoms with Gasteiger partial charge in [-0.1, -0.05) is 13.8 Å². The minimum absolute atomic E-state index is 0.813. The molecule has 1 heterocycles. The van der Waals surface area contributed by atoms with E-state index in [9.17, 15) is 0 Å². The summed E-state index contributed by atoms with van der Waals surface area (Å²) in [5.41, 5.74) is 0. The van der Waals surface area contributed by atoms with Crippen LogP contribution in [0.4, 0.5) is 0 Å². The summed E-state index contributed by atoms with van der Waals surface area (Å²) in [5, 5.41) is 3.28. The number of nitrogens with zero attached hydrogens (tertiary/aromatic N) is 1. The Morgan fingerprint density at radius 2 is 2.23 bits per heavy atom. The second-order valence-corrected chi connectivity index (χ2v) is 4.72. The zero-order valence-electron chi connectivity index (χ0n) is 9.34. The van der Waals surface area contributed by atoms with E-state index < -0.39 is 0 Å². The second-order valence-electron chi connectivity index (χ2n) is 4.72. The summed E-state index contributed by atoms with van der Waals surface area (Å²) in [7, 11) is 2.06. The lowest BCUT2D eigenvalue weighted by Crippen LogP contribution is -2.40. The van der Waals surface area contributed by atoms with Crippen LogP contribution in [0.1, 0.15) is 26.7 Å². The van der Waals surface area contributed by atoms with Crippen LogP contribution in [-0.2, 0) is 0 Å². The molecule has 1 saturated heterocycles. The van der Waals surface area contributed by atoms with Crippen molar-refractivity contribution in [2.45, 2.75) is 26.7 Å². The minimum atomic E-state index is 0.813. The summed E-state index contributed by atoms with van der Waals surface area (Å²) in [6, 6.07) is 0. The molecule has 1 N–H and O–H groups in total. The van der Waals surface area contributed by atoms with Gasteiger partial charge in [0, 0.05) is 13.1 Å². The Kier molecular flexibility index (Phi) is 4.74. The van der Waals surface area contributed by atoms with Crippen LogP contribution in [0.3, 0.4) is 0 Å². The van der Waals surface area contributed by atoms with Gasteiger partial charge in [-0.2, -0.15) is 0 Å². The molecular weight excluding hydrogens is 160 g/mol. The Morgan fingerprint density at radius 1 is 1.46 bits per heavy atom. The molecule has 0 saturated carbocycles. The van der Waals surface area contributed by atoms with Gasteiger partial charge in [0.15, 0.2) is 0 Å². The third kappa shape index (κ3) is 4.10. The van der Waals surface area contributed by atoms with E-state index in [1.165, 1.54) is 39.0 Å². The highest BCUT2D eigenvalue weighted by molar-refractivity contribution is 4.74. The molecule has 0 bridgehead atoms. The molecule has 13 heavy (non-hydrogen) atoms. The summed E-state index contributed by atoms with van der Waals surface area (Å²) in [6.45, 7) is 9.70. The van der Waals surface area contributed by atoms with Gasteiger partial charge in [0.05, 0.1) is 0 Å². The van der Waals surface area contributed by atoms with E-state index in [1.54, 1.807) is 0 Å². The van der Waals surface area contributed by atoms with Crippen LogP contribution < -0.4 is 5.32 Å². The maximum Gasteiger partial charge on any atom is 0.00219 e. The van der Waals surface area contributed by atoms with E-state index in [2.05, 4.69) is 31.1 Å². The summed E-state index contributed by atoms with van der Waals surface area (Å²) < 4.78 is 0. The third-order valence-corrected chi connectivity index (χ3v) is 2.72. The van der Waals surface area contributed by atoms with Crippen molar-refractivity contribution >= 4 is 0 Å². The number of likely N-dealkylation sites (tertiary alicyclic amines) is 1. The Morgan fingerprint density at radius 3 is 2.85 bits per heavy atom. The van der Waals surface area contributed by atoms with Crippen LogP contribution in [0.15, 0.2) is 0 Å². The molecule has 2 heteroatoms. The maximum atomic E-state index is 3.28. The topological polar surface area (TPSA) is 15.3 Å². The molecule has 0 aliphatic carbocycles. The summed E-state index contributed by atoms with van der Waals surface area (Å²) in [6.07, 6.45) is 2.80. The largest absolute Gasteiger partial charge is 0.319 e. The highest BCUT2D eigenvalue weighted by Crippen LogP contribution is 2.16. The molecule has 1 aliphatic rings. The Balaban J connectivity index is 2.24. The average molecular weight is 184 g/mol. The van der Waals surface area contributed by atoms with Gasteiger partial charge in [-0.05, 0) is 44.8 Å². The number of rotatable bonds is 4. The van der Waals surface area contributed by atoms with Crippen LogP contribution in [0, 0.1) is 11.8 Å². The number of piperidine rings is 1. The van der Waals surface area contributed by atoms with Gasteiger partial charge in [0.1, 0.15) is 0 Å². The lowest BCUT2D eigenvalue weighted by Gasteiger charge is -2.33. The van der Waals surface area contributed by atoms with E-state index in [-0.39, 0.29) is 0 Å². The molecular formula is C11H24N2. The normalized spacial score (nSPS) is 25.4. The van der Waals surface area contributed by atoms with Crippen LogP contribution in [0.2, 0.25) is 0 Å². The predicted molar refractivity (Wildman–Crippen MR) is 57.9 cm³/mol. The van der Waals surface area contributed by atoms with Gasteiger partial charge in [0.2, 0.25) is 0 Å². The third-order valence-electron chi connectivity index (χ3n) is 2.72. The Labute approximate surface area is 82.7 Å². The van der Waals surface area contributed by atoms with E-state index in [1.807, 2.05) is 0 Å². The molecule has 1 atom stereocenters. The first kappa shape index (κ1) is 11.0. The first-order valence-electron chi connectivity index (χ1n) is 5.59. The monoisotopic (exact) mass is 184 g/mol. The predicted octanol–water partition coefficient (Wildman–Crippen LogP) is 1.57. The van der Waals surface area contributed by atoms with Crippen molar-refractivity contribution in [3.8, 4) is 0 Å². The van der Waals surface area contributed by atoms with Crippen LogP contribution in [-0.4, -0.2) is 38.1 Å². The Hall–Kier alpha value is -0.0800. The molecule has 1 rings (SSSR count). The van der Waals surface area contributed by atoms with Crippen molar-refractivity contribution in [2.24, 2.45) is 11.8 Å². The molecule has 0 amide bonds. The lowest BCUT2D eigenvalue weighted by atomic mass is 9.97. The summed E-state index contributed by atoms with van der Waals surface area (Å²) in [5.74, 6) is 1.70. The first-order chi connectivity index (χ1) is 6.22. The molecule has 0 spiro atoms. The van der Waals surface area contributed by atoms with Crippen LogP contribution in [0.5, 0.6) is 0 Å². The molecule has 2 nitrogen and oxygen atoms in total. The second kappa shape index (κ2) is 5.61. The van der Waals surface area contributed by atoms with Crippen molar-refractivity contribution in [1.82, 2.24) is 10.2 Å². The van der Waals surface area contributed by atoms with Crippen LogP contribution in [0.25, 0.3) is 0 Å². The van der Waals surface area contributed by atoms with Crippen LogP contribution >= 0.6 is 0 Å². The van der Waals surface area contributed by atoms with Crippen molar-refractivity contribution < 1.29 is 0 Å². The molecule has 1 aliphatic heterocycles. The standard InChI is InChI=1S/C11H24N2/c1-10(2)8-13-6-4-5-11(9-13)7-12-3/h10-12H,4-9H2,1-3H3. The van der Waals surface area contributed by atoms with Crippen molar-refractivity contribution in [2.75, 3.05) is 33.2 Å². The van der Waals surface area contributed by atoms with Gasteiger partial charge in [-0.3, -0.25) is 0 Å². The SMILES string of the molecule is CNCC1CCCN(CC(C)C)C1. The highest BCUT2D eigenvalue weighted by Gasteiger charge is 2.19. The van der Waals surface area contributed by atoms with Gasteiger partial charge in [-0.15, -0.1) is 0 Å². The van der Waals surface area contributed by atoms with Gasteiger partial charge in [0.25, 0.3) is 0 Å². The molecule has 78 valence electrons.